The van der Waals surface area contributed by atoms with E-state index in [1.807, 2.05) is 47.2 Å². The van der Waals surface area contributed by atoms with Crippen molar-refractivity contribution in [3.8, 4) is 22.8 Å². The molecule has 19 heteroatoms. The molecule has 2 aromatic carbocycles. The van der Waals surface area contributed by atoms with E-state index in [4.69, 9.17) is 10.0 Å². The van der Waals surface area contributed by atoms with Crippen molar-refractivity contribution in [3.05, 3.63) is 95.2 Å². The van der Waals surface area contributed by atoms with E-state index < -0.39 is 7.12 Å². The summed E-state index contributed by atoms with van der Waals surface area (Å²) < 4.78 is 0. The number of aromatic amines is 1. The lowest BCUT2D eigenvalue weighted by Crippen LogP contribution is -2.09. The lowest BCUT2D eigenvalue weighted by Gasteiger charge is -2.15. The molecule has 0 spiro atoms. The minimum absolute atomic E-state index is 0.118. The maximum absolute atomic E-state index is 8.25. The highest BCUT2D eigenvalue weighted by atomic mass is 32.1. The largest absolute Gasteiger partial charge is 0.454 e. The molecule has 2 aliphatic carbocycles. The van der Waals surface area contributed by atoms with Crippen LogP contribution < -0.4 is 10.6 Å². The number of rotatable bonds is 10. The van der Waals surface area contributed by atoms with E-state index in [2.05, 4.69) is 105 Å². The zero-order chi connectivity index (χ0) is 37.7. The molecule has 5 N–H and O–H groups in total. The van der Waals surface area contributed by atoms with Gasteiger partial charge in [-0.2, -0.15) is 10.0 Å². The summed E-state index contributed by atoms with van der Waals surface area (Å²) in [5.74, 6) is 3.20. The van der Waals surface area contributed by atoms with Crippen molar-refractivity contribution in [2.75, 3.05) is 10.6 Å². The molecule has 16 nitrogen and oxygen atoms in total. The number of H-pyrrole nitrogens is 1. The van der Waals surface area contributed by atoms with E-state index in [9.17, 15) is 0 Å². The second kappa shape index (κ2) is 16.3. The van der Waals surface area contributed by atoms with Gasteiger partial charge in [0.25, 0.3) is 0 Å². The highest BCUT2D eigenvalue weighted by molar-refractivity contribution is 7.17. The Labute approximate surface area is 323 Å². The van der Waals surface area contributed by atoms with Gasteiger partial charge in [-0.25, -0.2) is 19.9 Å². The summed E-state index contributed by atoms with van der Waals surface area (Å²) >= 11 is 3.23. The van der Waals surface area contributed by atoms with Crippen molar-refractivity contribution in [1.82, 2.24) is 60.8 Å². The number of thiophene rings is 2. The smallest absolute Gasteiger partial charge is 0.427 e. The van der Waals surface area contributed by atoms with Crippen LogP contribution in [0.5, 0.6) is 0 Å². The number of hydrogen-bond acceptors (Lipinski definition) is 16. The quantitative estimate of drug-likeness (QED) is 0.0937. The van der Waals surface area contributed by atoms with Gasteiger partial charge in [-0.15, -0.1) is 43.1 Å². The first-order valence-corrected chi connectivity index (χ1v) is 19.6. The molecule has 0 unspecified atom stereocenters. The van der Waals surface area contributed by atoms with Gasteiger partial charge in [0, 0.05) is 23.2 Å². The fourth-order valence-electron chi connectivity index (χ4n) is 5.71. The maximum atomic E-state index is 8.25. The summed E-state index contributed by atoms with van der Waals surface area (Å²) in [6.45, 7) is 4.22. The average molecular weight is 773 g/mol. The van der Waals surface area contributed by atoms with E-state index in [1.165, 1.54) is 5.56 Å². The van der Waals surface area contributed by atoms with Crippen LogP contribution in [-0.4, -0.2) is 77.9 Å². The molecule has 2 atom stereocenters. The predicted octanol–water partition coefficient (Wildman–Crippen LogP) is 6.52. The van der Waals surface area contributed by atoms with Gasteiger partial charge in [-0.1, -0.05) is 61.4 Å². The summed E-state index contributed by atoms with van der Waals surface area (Å²) in [6.07, 6.45) is 7.49. The van der Waals surface area contributed by atoms with Crippen molar-refractivity contribution >= 4 is 61.9 Å². The summed E-state index contributed by atoms with van der Waals surface area (Å²) in [5, 5.41) is 56.4. The molecule has 6 aromatic heterocycles. The summed E-state index contributed by atoms with van der Waals surface area (Å²) in [4.78, 5) is 21.0. The van der Waals surface area contributed by atoms with E-state index in [0.717, 1.165) is 74.4 Å². The number of fused-ring (bicyclic) bond motifs is 2. The topological polar surface area (TPSA) is 214 Å². The number of anilines is 2. The number of benzene rings is 2. The zero-order valence-corrected chi connectivity index (χ0v) is 31.6. The number of hydrogen-bond donors (Lipinski definition) is 5. The first kappa shape index (κ1) is 36.2. The Balaban J connectivity index is 0.000000136. The fraction of sp³-hybridized carbons (Fsp3) is 0.278. The van der Waals surface area contributed by atoms with E-state index in [1.54, 1.807) is 40.1 Å². The highest BCUT2D eigenvalue weighted by Gasteiger charge is 2.33. The van der Waals surface area contributed by atoms with Gasteiger partial charge in [0.05, 0.1) is 16.8 Å². The molecular formula is C36H37BN14O2S2. The number of aromatic nitrogens is 12. The standard InChI is InChI=1S/C18H17N7S.C15H13N7S.C3H7BO2/c1-11(21-17-15-8-9-26-18(15)20-10-19-17)12-2-4-13(5-3-12)16-22-24-25(23-16)14-6-7-14;1-9(18-14-12-6-7-23-15(12)17-8-16-14)10-2-4-11(5-3-10)13-19-21-22-20-13;5-4(6)3-1-2-3/h2-5,8-11,14H,6-7H2,1H3,(H,19,20,21);2-9H,1H3,(H,16,17,18)(H,19,20,21,22);3,5-6H,1-2H2/t11-;9-;/m00./s1. The van der Waals surface area contributed by atoms with E-state index >= 15 is 0 Å². The molecule has 2 saturated carbocycles. The second-order valence-electron chi connectivity index (χ2n) is 13.4. The molecule has 55 heavy (non-hydrogen) atoms. The van der Waals surface area contributed by atoms with Gasteiger partial charge in [-0.05, 0) is 77.0 Å². The van der Waals surface area contributed by atoms with Gasteiger partial charge >= 0.3 is 7.12 Å². The monoisotopic (exact) mass is 772 g/mol. The first-order valence-electron chi connectivity index (χ1n) is 17.9. The molecule has 8 aromatic rings. The van der Waals surface area contributed by atoms with Crippen molar-refractivity contribution in [1.29, 1.82) is 0 Å². The Morgan fingerprint density at radius 3 is 1.71 bits per heavy atom. The van der Waals surface area contributed by atoms with Gasteiger partial charge < -0.3 is 20.7 Å². The van der Waals surface area contributed by atoms with Crippen LogP contribution in [-0.2, 0) is 0 Å². The van der Waals surface area contributed by atoms with Gasteiger partial charge in [-0.3, -0.25) is 0 Å². The molecule has 0 saturated heterocycles. The maximum Gasteiger partial charge on any atom is 0.454 e. The zero-order valence-electron chi connectivity index (χ0n) is 29.9. The molecule has 0 bridgehead atoms. The third-order valence-electron chi connectivity index (χ3n) is 9.26. The minimum atomic E-state index is -1.04. The molecular weight excluding hydrogens is 735 g/mol. The van der Waals surface area contributed by atoms with E-state index in [0.29, 0.717) is 17.7 Å². The van der Waals surface area contributed by atoms with Crippen LogP contribution in [0.3, 0.4) is 0 Å². The van der Waals surface area contributed by atoms with Gasteiger partial charge in [0.1, 0.15) is 34.0 Å². The number of tetrazole rings is 2. The SMILES string of the molecule is C[C@H](Nc1ncnc2sccc12)c1ccc(-c2nn[nH]n2)cc1.C[C@H](Nc1ncnc2sccc12)c1ccc(-c2nnn(C3CC3)n2)cc1.OB(O)C1CC1. The van der Waals surface area contributed by atoms with Crippen molar-refractivity contribution in [3.63, 3.8) is 0 Å². The molecule has 0 aliphatic heterocycles. The number of nitrogens with one attached hydrogen (secondary N) is 3. The van der Waals surface area contributed by atoms with Crippen LogP contribution in [0, 0.1) is 0 Å². The Kier molecular flexibility index (Phi) is 10.7. The van der Waals surface area contributed by atoms with E-state index in [-0.39, 0.29) is 17.9 Å². The van der Waals surface area contributed by atoms with Crippen LogP contribution in [0.1, 0.15) is 68.8 Å². The summed E-state index contributed by atoms with van der Waals surface area (Å²) in [5.41, 5.74) is 4.23. The van der Waals surface area contributed by atoms with Crippen LogP contribution in [0.2, 0.25) is 5.82 Å². The second-order valence-corrected chi connectivity index (χ2v) is 15.1. The third kappa shape index (κ3) is 8.81. The molecule has 278 valence electrons. The molecule has 10 rings (SSSR count). The summed E-state index contributed by atoms with van der Waals surface area (Å²) in [6, 6.07) is 21.1. The van der Waals surface area contributed by atoms with Crippen molar-refractivity contribution in [2.24, 2.45) is 0 Å². The Morgan fingerprint density at radius 2 is 1.25 bits per heavy atom. The Hall–Kier alpha value is -5.76. The first-order chi connectivity index (χ1) is 26.9. The normalized spacial score (nSPS) is 14.7. The average Bonchev–Trinajstić information content (AvgIpc) is 3.93. The molecule has 2 fully saturated rings. The Morgan fingerprint density at radius 1 is 0.709 bits per heavy atom. The van der Waals surface area contributed by atoms with Crippen LogP contribution in [0.15, 0.2) is 84.1 Å². The number of nitrogens with zero attached hydrogens (tertiary/aromatic N) is 11. The van der Waals surface area contributed by atoms with Gasteiger partial charge in [0.2, 0.25) is 11.6 Å². The van der Waals surface area contributed by atoms with Crippen molar-refractivity contribution in [2.45, 2.75) is 63.5 Å². The van der Waals surface area contributed by atoms with Crippen LogP contribution in [0.4, 0.5) is 11.6 Å². The minimum Gasteiger partial charge on any atom is -0.427 e. The molecule has 0 amide bonds. The molecule has 6 heterocycles. The fourth-order valence-corrected chi connectivity index (χ4v) is 7.17. The van der Waals surface area contributed by atoms with Crippen LogP contribution in [0.25, 0.3) is 43.2 Å². The predicted molar refractivity (Wildman–Crippen MR) is 213 cm³/mol. The van der Waals surface area contributed by atoms with Crippen LogP contribution >= 0.6 is 22.7 Å². The highest BCUT2D eigenvalue weighted by Crippen LogP contribution is 2.37. The van der Waals surface area contributed by atoms with Crippen molar-refractivity contribution < 1.29 is 10.0 Å². The lowest BCUT2D eigenvalue weighted by atomic mass is 9.84. The summed E-state index contributed by atoms with van der Waals surface area (Å²) in [7, 11) is -1.04. The molecule has 2 aliphatic rings. The lowest BCUT2D eigenvalue weighted by molar-refractivity contribution is 0.403. The van der Waals surface area contributed by atoms with Gasteiger partial charge in [0.15, 0.2) is 0 Å². The molecule has 0 radical (unpaired) electrons. The Bertz CT molecular complexity index is 2450. The third-order valence-corrected chi connectivity index (χ3v) is 10.9.